The monoisotopic (exact) mass is 382 g/mol. The van der Waals surface area contributed by atoms with Crippen LogP contribution >= 0.6 is 0 Å². The molecule has 1 atom stereocenters. The van der Waals surface area contributed by atoms with Crippen molar-refractivity contribution in [1.82, 2.24) is 0 Å². The highest BCUT2D eigenvalue weighted by Gasteiger charge is 2.36. The molecule has 1 unspecified atom stereocenters. The molecule has 0 bridgehead atoms. The fourth-order valence-corrected chi connectivity index (χ4v) is 3.11. The van der Waals surface area contributed by atoms with Crippen LogP contribution < -0.4 is 0 Å². The van der Waals surface area contributed by atoms with Crippen LogP contribution in [0.25, 0.3) is 0 Å². The maximum Gasteiger partial charge on any atom is 0.338 e. The summed E-state index contributed by atoms with van der Waals surface area (Å²) in [6, 6.07) is 17.9. The predicted molar refractivity (Wildman–Crippen MR) is 110 cm³/mol. The van der Waals surface area contributed by atoms with E-state index in [1.54, 1.807) is 24.3 Å². The molecule has 2 rings (SSSR count). The molecule has 0 aliphatic rings. The van der Waals surface area contributed by atoms with Crippen molar-refractivity contribution in [1.29, 1.82) is 0 Å². The smallest absolute Gasteiger partial charge is 0.338 e. The number of benzene rings is 2. The van der Waals surface area contributed by atoms with Gasteiger partial charge >= 0.3 is 11.9 Å². The van der Waals surface area contributed by atoms with E-state index >= 15 is 0 Å². The Balaban J connectivity index is 2.16. The first-order chi connectivity index (χ1) is 13.4. The van der Waals surface area contributed by atoms with Gasteiger partial charge in [0.1, 0.15) is 11.7 Å². The van der Waals surface area contributed by atoms with Crippen molar-refractivity contribution in [3.63, 3.8) is 0 Å². The van der Waals surface area contributed by atoms with Crippen LogP contribution in [0.15, 0.2) is 60.7 Å². The lowest BCUT2D eigenvalue weighted by Crippen LogP contribution is -2.40. The van der Waals surface area contributed by atoms with Crippen molar-refractivity contribution in [3.8, 4) is 0 Å². The Morgan fingerprint density at radius 1 is 0.821 bits per heavy atom. The van der Waals surface area contributed by atoms with Crippen molar-refractivity contribution in [3.05, 3.63) is 71.8 Å². The summed E-state index contributed by atoms with van der Waals surface area (Å²) in [7, 11) is 0. The normalized spacial score (nSPS) is 12.5. The predicted octanol–water partition coefficient (Wildman–Crippen LogP) is 5.67. The van der Waals surface area contributed by atoms with Crippen LogP contribution in [0, 0.1) is 5.92 Å². The number of hydrogen-bond donors (Lipinski definition) is 0. The standard InChI is InChI=1S/C24H30O4/c1-5-24(6-2,28-23(26)20-15-11-8-12-16-20)17-21(18(3)4)27-22(25)19-13-9-7-10-14-19/h7-16,18,21H,5-6,17H2,1-4H3. The third-order valence-electron chi connectivity index (χ3n) is 5.19. The zero-order chi connectivity index (χ0) is 20.6. The van der Waals surface area contributed by atoms with E-state index in [1.807, 2.05) is 64.1 Å². The number of esters is 2. The van der Waals surface area contributed by atoms with Gasteiger partial charge in [0.15, 0.2) is 0 Å². The summed E-state index contributed by atoms with van der Waals surface area (Å²) in [5.41, 5.74) is 0.364. The van der Waals surface area contributed by atoms with E-state index in [0.717, 1.165) is 0 Å². The molecule has 4 nitrogen and oxygen atoms in total. The van der Waals surface area contributed by atoms with Crippen molar-refractivity contribution in [2.75, 3.05) is 0 Å². The first-order valence-corrected chi connectivity index (χ1v) is 9.95. The Hall–Kier alpha value is -2.62. The molecule has 0 aromatic heterocycles. The second-order valence-electron chi connectivity index (χ2n) is 7.40. The average molecular weight is 383 g/mol. The highest BCUT2D eigenvalue weighted by molar-refractivity contribution is 5.90. The number of ether oxygens (including phenoxy) is 2. The molecule has 2 aromatic rings. The largest absolute Gasteiger partial charge is 0.458 e. The van der Waals surface area contributed by atoms with Gasteiger partial charge in [-0.2, -0.15) is 0 Å². The molecule has 0 radical (unpaired) electrons. The van der Waals surface area contributed by atoms with E-state index in [2.05, 4.69) is 0 Å². The van der Waals surface area contributed by atoms with Crippen molar-refractivity contribution < 1.29 is 19.1 Å². The molecule has 0 fully saturated rings. The molecule has 28 heavy (non-hydrogen) atoms. The maximum absolute atomic E-state index is 12.6. The summed E-state index contributed by atoms with van der Waals surface area (Å²) in [4.78, 5) is 25.2. The molecule has 0 aliphatic carbocycles. The minimum Gasteiger partial charge on any atom is -0.458 e. The molecule has 4 heteroatoms. The van der Waals surface area contributed by atoms with Gasteiger partial charge in [-0.25, -0.2) is 9.59 Å². The van der Waals surface area contributed by atoms with Crippen LogP contribution in [0.3, 0.4) is 0 Å². The van der Waals surface area contributed by atoms with Crippen LogP contribution in [0.5, 0.6) is 0 Å². The van der Waals surface area contributed by atoms with E-state index in [0.29, 0.717) is 30.4 Å². The average Bonchev–Trinajstić information content (AvgIpc) is 2.73. The van der Waals surface area contributed by atoms with Crippen molar-refractivity contribution in [2.45, 2.75) is 58.7 Å². The first kappa shape index (κ1) is 21.7. The summed E-state index contributed by atoms with van der Waals surface area (Å²) in [5, 5.41) is 0. The molecular weight excluding hydrogens is 352 g/mol. The van der Waals surface area contributed by atoms with Gasteiger partial charge in [-0.3, -0.25) is 0 Å². The molecule has 0 saturated heterocycles. The van der Waals surface area contributed by atoms with Crippen LogP contribution in [-0.2, 0) is 9.47 Å². The summed E-state index contributed by atoms with van der Waals surface area (Å²) in [5.74, 6) is -0.600. The highest BCUT2D eigenvalue weighted by Crippen LogP contribution is 2.31. The van der Waals surface area contributed by atoms with Crippen LogP contribution in [0.1, 0.15) is 67.7 Å². The summed E-state index contributed by atoms with van der Waals surface area (Å²) in [6.45, 7) is 8.02. The van der Waals surface area contributed by atoms with Gasteiger partial charge < -0.3 is 9.47 Å². The van der Waals surface area contributed by atoms with Gasteiger partial charge in [0.25, 0.3) is 0 Å². The molecule has 0 heterocycles. The fraction of sp³-hybridized carbons (Fsp3) is 0.417. The number of rotatable bonds is 9. The minimum atomic E-state index is -0.682. The molecule has 0 saturated carbocycles. The SMILES string of the molecule is CCC(CC)(CC(OC(=O)c1ccccc1)C(C)C)OC(=O)c1ccccc1. The van der Waals surface area contributed by atoms with Gasteiger partial charge in [-0.1, -0.05) is 64.1 Å². The van der Waals surface area contributed by atoms with Crippen molar-refractivity contribution in [2.24, 2.45) is 5.92 Å². The number of carbonyl (C=O) groups is 2. The molecule has 150 valence electrons. The third-order valence-corrected chi connectivity index (χ3v) is 5.19. The quantitative estimate of drug-likeness (QED) is 0.524. The topological polar surface area (TPSA) is 52.6 Å². The van der Waals surface area contributed by atoms with Gasteiger partial charge in [0.05, 0.1) is 11.1 Å². The lowest BCUT2D eigenvalue weighted by atomic mass is 9.86. The molecule has 0 aliphatic heterocycles. The molecular formula is C24H30O4. The van der Waals surface area contributed by atoms with E-state index in [1.165, 1.54) is 0 Å². The van der Waals surface area contributed by atoms with E-state index in [9.17, 15) is 9.59 Å². The lowest BCUT2D eigenvalue weighted by molar-refractivity contribution is -0.0608. The first-order valence-electron chi connectivity index (χ1n) is 9.95. The Morgan fingerprint density at radius 3 is 1.71 bits per heavy atom. The van der Waals surface area contributed by atoms with Gasteiger partial charge in [-0.05, 0) is 43.0 Å². The van der Waals surface area contributed by atoms with E-state index < -0.39 is 5.60 Å². The molecule has 0 spiro atoms. The fourth-order valence-electron chi connectivity index (χ4n) is 3.11. The van der Waals surface area contributed by atoms with E-state index in [-0.39, 0.29) is 24.0 Å². The maximum atomic E-state index is 12.6. The summed E-state index contributed by atoms with van der Waals surface area (Å²) < 4.78 is 11.8. The number of carbonyl (C=O) groups excluding carboxylic acids is 2. The Morgan fingerprint density at radius 2 is 1.29 bits per heavy atom. The summed E-state index contributed by atoms with van der Waals surface area (Å²) >= 11 is 0. The second kappa shape index (κ2) is 10.1. The Labute approximate surface area is 167 Å². The minimum absolute atomic E-state index is 0.0977. The van der Waals surface area contributed by atoms with Crippen LogP contribution in [-0.4, -0.2) is 23.6 Å². The Bertz CT molecular complexity index is 749. The molecule has 0 amide bonds. The molecule has 2 aromatic carbocycles. The third kappa shape index (κ3) is 5.69. The highest BCUT2D eigenvalue weighted by atomic mass is 16.6. The second-order valence-corrected chi connectivity index (χ2v) is 7.40. The lowest BCUT2D eigenvalue weighted by Gasteiger charge is -2.36. The van der Waals surface area contributed by atoms with Crippen LogP contribution in [0.4, 0.5) is 0 Å². The zero-order valence-electron chi connectivity index (χ0n) is 17.2. The van der Waals surface area contributed by atoms with Crippen LogP contribution in [0.2, 0.25) is 0 Å². The van der Waals surface area contributed by atoms with Gasteiger partial charge in [0, 0.05) is 6.42 Å². The van der Waals surface area contributed by atoms with E-state index in [4.69, 9.17) is 9.47 Å². The van der Waals surface area contributed by atoms with Gasteiger partial charge in [0.2, 0.25) is 0 Å². The molecule has 0 N–H and O–H groups in total. The Kier molecular flexibility index (Phi) is 7.80. The van der Waals surface area contributed by atoms with Gasteiger partial charge in [-0.15, -0.1) is 0 Å². The van der Waals surface area contributed by atoms with Crippen molar-refractivity contribution >= 4 is 11.9 Å². The summed E-state index contributed by atoms with van der Waals surface area (Å²) in [6.07, 6.45) is 1.41. The number of hydrogen-bond acceptors (Lipinski definition) is 4. The zero-order valence-corrected chi connectivity index (χ0v) is 17.2.